The predicted molar refractivity (Wildman–Crippen MR) is 67.6 cm³/mol. The molecule has 2 unspecified atom stereocenters. The minimum Gasteiger partial charge on any atom is -0.470 e. The molecule has 0 radical (unpaired) electrons. The third-order valence-electron chi connectivity index (χ3n) is 3.72. The van der Waals surface area contributed by atoms with Crippen molar-refractivity contribution in [3.8, 4) is 5.88 Å². The molecule has 5 nitrogen and oxygen atoms in total. The highest BCUT2D eigenvalue weighted by Crippen LogP contribution is 2.33. The van der Waals surface area contributed by atoms with Crippen LogP contribution in [0.1, 0.15) is 44.6 Å². The molecule has 0 bridgehead atoms. The van der Waals surface area contributed by atoms with Crippen LogP contribution in [0.4, 0.5) is 0 Å². The molecule has 18 heavy (non-hydrogen) atoms. The molecule has 2 aliphatic rings. The second-order valence-corrected chi connectivity index (χ2v) is 5.34. The maximum absolute atomic E-state index is 12.1. The number of nitrogens with two attached hydrogens (primary N) is 1. The molecular weight excluding hydrogens is 230 g/mol. The molecule has 2 N–H and O–H groups in total. The van der Waals surface area contributed by atoms with E-state index in [-0.39, 0.29) is 23.6 Å². The van der Waals surface area contributed by atoms with Crippen molar-refractivity contribution in [3.05, 3.63) is 22.7 Å². The lowest BCUT2D eigenvalue weighted by atomic mass is 9.94. The van der Waals surface area contributed by atoms with Crippen molar-refractivity contribution in [1.82, 2.24) is 9.55 Å². The molecule has 2 fully saturated rings. The van der Waals surface area contributed by atoms with Gasteiger partial charge in [0, 0.05) is 24.5 Å². The lowest BCUT2D eigenvalue weighted by Crippen LogP contribution is -2.35. The summed E-state index contributed by atoms with van der Waals surface area (Å²) in [7, 11) is 0. The van der Waals surface area contributed by atoms with Gasteiger partial charge >= 0.3 is 5.56 Å². The van der Waals surface area contributed by atoms with Crippen molar-refractivity contribution in [2.24, 2.45) is 5.73 Å². The Balaban J connectivity index is 1.75. The Labute approximate surface area is 106 Å². The molecule has 1 aromatic heterocycles. The fourth-order valence-electron chi connectivity index (χ4n) is 2.57. The van der Waals surface area contributed by atoms with E-state index >= 15 is 0 Å². The molecular formula is C13H19N3O2. The molecule has 5 heteroatoms. The van der Waals surface area contributed by atoms with E-state index in [4.69, 9.17) is 10.5 Å². The Kier molecular flexibility index (Phi) is 3.07. The molecule has 0 amide bonds. The molecule has 1 heterocycles. The first-order chi connectivity index (χ1) is 8.74. The SMILES string of the molecule is NC1CCCC(Oc2nccn(C3CC3)c2=O)C1. The summed E-state index contributed by atoms with van der Waals surface area (Å²) in [5.41, 5.74) is 5.82. The number of nitrogens with zero attached hydrogens (tertiary/aromatic N) is 2. The standard InChI is InChI=1S/C13H19N3O2/c14-9-2-1-3-11(8-9)18-12-13(17)16(7-6-15-12)10-4-5-10/h6-7,9-11H,1-5,8,14H2. The summed E-state index contributed by atoms with van der Waals surface area (Å²) in [6.07, 6.45) is 9.51. The molecule has 2 aliphatic carbocycles. The number of rotatable bonds is 3. The molecule has 2 atom stereocenters. The summed E-state index contributed by atoms with van der Waals surface area (Å²) in [6.45, 7) is 0. The second-order valence-electron chi connectivity index (χ2n) is 5.34. The van der Waals surface area contributed by atoms with Gasteiger partial charge in [-0.15, -0.1) is 0 Å². The van der Waals surface area contributed by atoms with Gasteiger partial charge in [-0.2, -0.15) is 0 Å². The van der Waals surface area contributed by atoms with Crippen LogP contribution in [0.3, 0.4) is 0 Å². The van der Waals surface area contributed by atoms with Crippen LogP contribution < -0.4 is 16.0 Å². The quantitative estimate of drug-likeness (QED) is 0.874. The van der Waals surface area contributed by atoms with Gasteiger partial charge in [-0.05, 0) is 38.5 Å². The molecule has 0 spiro atoms. The molecule has 0 saturated heterocycles. The number of hydrogen-bond acceptors (Lipinski definition) is 4. The zero-order chi connectivity index (χ0) is 12.5. The van der Waals surface area contributed by atoms with Gasteiger partial charge in [-0.1, -0.05) is 0 Å². The maximum Gasteiger partial charge on any atom is 0.313 e. The first-order valence-corrected chi connectivity index (χ1v) is 6.73. The second kappa shape index (κ2) is 4.72. The van der Waals surface area contributed by atoms with Crippen LogP contribution in [-0.2, 0) is 0 Å². The minimum absolute atomic E-state index is 0.0454. The number of hydrogen-bond donors (Lipinski definition) is 1. The van der Waals surface area contributed by atoms with Crippen LogP contribution >= 0.6 is 0 Å². The van der Waals surface area contributed by atoms with Crippen molar-refractivity contribution in [1.29, 1.82) is 0 Å². The van der Waals surface area contributed by atoms with Crippen LogP contribution in [0.15, 0.2) is 17.2 Å². The van der Waals surface area contributed by atoms with E-state index in [9.17, 15) is 4.79 Å². The van der Waals surface area contributed by atoms with Gasteiger partial charge < -0.3 is 15.0 Å². The molecule has 0 aromatic carbocycles. The summed E-state index contributed by atoms with van der Waals surface area (Å²) in [5.74, 6) is 0.239. The third kappa shape index (κ3) is 2.41. The van der Waals surface area contributed by atoms with Gasteiger partial charge in [-0.25, -0.2) is 4.98 Å². The zero-order valence-corrected chi connectivity index (χ0v) is 10.4. The Hall–Kier alpha value is -1.36. The number of aromatic nitrogens is 2. The summed E-state index contributed by atoms with van der Waals surface area (Å²) < 4.78 is 7.49. The average Bonchev–Trinajstić information content (AvgIpc) is 3.16. The third-order valence-corrected chi connectivity index (χ3v) is 3.72. The minimum atomic E-state index is -0.0980. The van der Waals surface area contributed by atoms with E-state index in [0.717, 1.165) is 38.5 Å². The monoisotopic (exact) mass is 249 g/mol. The average molecular weight is 249 g/mol. The van der Waals surface area contributed by atoms with Crippen molar-refractivity contribution in [2.45, 2.75) is 56.7 Å². The Morgan fingerprint density at radius 3 is 2.89 bits per heavy atom. The van der Waals surface area contributed by atoms with Crippen molar-refractivity contribution < 1.29 is 4.74 Å². The van der Waals surface area contributed by atoms with E-state index < -0.39 is 0 Å². The summed E-state index contributed by atoms with van der Waals surface area (Å²) >= 11 is 0. The predicted octanol–water partition coefficient (Wildman–Crippen LogP) is 1.23. The van der Waals surface area contributed by atoms with Crippen LogP contribution in [0.25, 0.3) is 0 Å². The molecule has 2 saturated carbocycles. The Bertz CT molecular complexity index is 481. The molecule has 3 rings (SSSR count). The van der Waals surface area contributed by atoms with Gasteiger partial charge in [-0.3, -0.25) is 4.79 Å². The Morgan fingerprint density at radius 1 is 1.33 bits per heavy atom. The van der Waals surface area contributed by atoms with Crippen molar-refractivity contribution in [2.75, 3.05) is 0 Å². The zero-order valence-electron chi connectivity index (χ0n) is 10.4. The van der Waals surface area contributed by atoms with E-state index in [1.807, 2.05) is 0 Å². The first kappa shape index (κ1) is 11.7. The highest BCUT2D eigenvalue weighted by molar-refractivity contribution is 5.07. The van der Waals surface area contributed by atoms with Crippen LogP contribution in [0.5, 0.6) is 5.88 Å². The topological polar surface area (TPSA) is 70.1 Å². The molecule has 0 aliphatic heterocycles. The van der Waals surface area contributed by atoms with Crippen LogP contribution in [0, 0.1) is 0 Å². The lowest BCUT2D eigenvalue weighted by Gasteiger charge is -2.26. The smallest absolute Gasteiger partial charge is 0.313 e. The normalized spacial score (nSPS) is 28.1. The maximum atomic E-state index is 12.1. The first-order valence-electron chi connectivity index (χ1n) is 6.73. The summed E-state index contributed by atoms with van der Waals surface area (Å²) in [6, 6.07) is 0.551. The van der Waals surface area contributed by atoms with Gasteiger partial charge in [0.2, 0.25) is 0 Å². The van der Waals surface area contributed by atoms with E-state index in [2.05, 4.69) is 4.98 Å². The highest BCUT2D eigenvalue weighted by atomic mass is 16.5. The van der Waals surface area contributed by atoms with Gasteiger partial charge in [0.1, 0.15) is 6.10 Å². The van der Waals surface area contributed by atoms with Gasteiger partial charge in [0.25, 0.3) is 5.88 Å². The lowest BCUT2D eigenvalue weighted by molar-refractivity contribution is 0.135. The van der Waals surface area contributed by atoms with E-state index in [1.54, 1.807) is 17.0 Å². The summed E-state index contributed by atoms with van der Waals surface area (Å²) in [4.78, 5) is 16.2. The molecule has 1 aromatic rings. The van der Waals surface area contributed by atoms with Gasteiger partial charge in [0.05, 0.1) is 0 Å². The van der Waals surface area contributed by atoms with Crippen molar-refractivity contribution >= 4 is 0 Å². The highest BCUT2D eigenvalue weighted by Gasteiger charge is 2.27. The number of ether oxygens (including phenoxy) is 1. The fraction of sp³-hybridized carbons (Fsp3) is 0.692. The van der Waals surface area contributed by atoms with E-state index in [1.165, 1.54) is 0 Å². The van der Waals surface area contributed by atoms with Crippen molar-refractivity contribution in [3.63, 3.8) is 0 Å². The largest absolute Gasteiger partial charge is 0.470 e. The van der Waals surface area contributed by atoms with Gasteiger partial charge in [0.15, 0.2) is 0 Å². The Morgan fingerprint density at radius 2 is 2.17 bits per heavy atom. The fourth-order valence-corrected chi connectivity index (χ4v) is 2.57. The van der Waals surface area contributed by atoms with Crippen LogP contribution in [-0.4, -0.2) is 21.7 Å². The molecule has 98 valence electrons. The van der Waals surface area contributed by atoms with E-state index in [0.29, 0.717) is 6.04 Å². The van der Waals surface area contributed by atoms with Crippen LogP contribution in [0.2, 0.25) is 0 Å². The summed E-state index contributed by atoms with van der Waals surface area (Å²) in [5, 5.41) is 0.